The number of rotatable bonds is 5. The second-order valence-electron chi connectivity index (χ2n) is 3.55. The Hall–Kier alpha value is -1.60. The van der Waals surface area contributed by atoms with Gasteiger partial charge in [0.15, 0.2) is 4.34 Å². The SMILES string of the molecule is Cc1ccc(Nc2nnc(SCC(=O)O)s2)cc1. The second-order valence-corrected chi connectivity index (χ2v) is 5.75. The van der Waals surface area contributed by atoms with Gasteiger partial charge in [0.25, 0.3) is 0 Å². The molecule has 5 nitrogen and oxygen atoms in total. The molecule has 94 valence electrons. The van der Waals surface area contributed by atoms with Gasteiger partial charge in [0.1, 0.15) is 0 Å². The van der Waals surface area contributed by atoms with Gasteiger partial charge < -0.3 is 10.4 Å². The summed E-state index contributed by atoms with van der Waals surface area (Å²) in [6, 6.07) is 7.93. The van der Waals surface area contributed by atoms with Crippen LogP contribution in [0, 0.1) is 6.92 Å². The molecule has 18 heavy (non-hydrogen) atoms. The molecule has 0 saturated heterocycles. The second kappa shape index (κ2) is 5.83. The van der Waals surface area contributed by atoms with E-state index in [0.29, 0.717) is 9.47 Å². The summed E-state index contributed by atoms with van der Waals surface area (Å²) < 4.78 is 0.645. The Morgan fingerprint density at radius 1 is 1.39 bits per heavy atom. The van der Waals surface area contributed by atoms with Crippen molar-refractivity contribution < 1.29 is 9.90 Å². The minimum atomic E-state index is -0.858. The van der Waals surface area contributed by atoms with Gasteiger partial charge in [-0.05, 0) is 19.1 Å². The molecule has 1 aromatic carbocycles. The van der Waals surface area contributed by atoms with Crippen molar-refractivity contribution in [1.82, 2.24) is 10.2 Å². The number of carboxylic acid groups (broad SMARTS) is 1. The Morgan fingerprint density at radius 2 is 2.11 bits per heavy atom. The highest BCUT2D eigenvalue weighted by molar-refractivity contribution is 8.01. The zero-order valence-electron chi connectivity index (χ0n) is 9.58. The number of carbonyl (C=O) groups is 1. The number of anilines is 2. The van der Waals surface area contributed by atoms with Crippen molar-refractivity contribution in [3.8, 4) is 0 Å². The summed E-state index contributed by atoms with van der Waals surface area (Å²) in [5, 5.41) is 20.2. The first-order valence-corrected chi connectivity index (χ1v) is 6.95. The fourth-order valence-corrected chi connectivity index (χ4v) is 2.69. The summed E-state index contributed by atoms with van der Waals surface area (Å²) in [6.45, 7) is 2.02. The first-order chi connectivity index (χ1) is 8.63. The highest BCUT2D eigenvalue weighted by Gasteiger charge is 2.07. The van der Waals surface area contributed by atoms with Crippen molar-refractivity contribution in [2.45, 2.75) is 11.3 Å². The molecule has 2 rings (SSSR count). The number of hydrogen-bond acceptors (Lipinski definition) is 6. The molecule has 7 heteroatoms. The van der Waals surface area contributed by atoms with Gasteiger partial charge in [0.2, 0.25) is 5.13 Å². The molecule has 0 saturated carbocycles. The van der Waals surface area contributed by atoms with Crippen LogP contribution in [0.2, 0.25) is 0 Å². The predicted molar refractivity (Wildman–Crippen MR) is 72.7 cm³/mol. The molecule has 0 aliphatic carbocycles. The van der Waals surface area contributed by atoms with Crippen LogP contribution in [-0.2, 0) is 4.79 Å². The topological polar surface area (TPSA) is 75.1 Å². The van der Waals surface area contributed by atoms with Gasteiger partial charge in [-0.25, -0.2) is 0 Å². The number of carboxylic acids is 1. The van der Waals surface area contributed by atoms with Gasteiger partial charge in [-0.3, -0.25) is 4.79 Å². The maximum Gasteiger partial charge on any atom is 0.313 e. The Labute approximate surface area is 112 Å². The lowest BCUT2D eigenvalue weighted by molar-refractivity contribution is -0.133. The van der Waals surface area contributed by atoms with Crippen LogP contribution < -0.4 is 5.32 Å². The van der Waals surface area contributed by atoms with Gasteiger partial charge in [0, 0.05) is 5.69 Å². The van der Waals surface area contributed by atoms with Crippen LogP contribution in [0.1, 0.15) is 5.56 Å². The summed E-state index contributed by atoms with van der Waals surface area (Å²) >= 11 is 2.51. The first-order valence-electron chi connectivity index (χ1n) is 5.15. The average Bonchev–Trinajstić information content (AvgIpc) is 2.77. The molecule has 0 aliphatic heterocycles. The summed E-state index contributed by atoms with van der Waals surface area (Å²) in [5.41, 5.74) is 2.13. The van der Waals surface area contributed by atoms with E-state index in [1.54, 1.807) is 0 Å². The third-order valence-corrected chi connectivity index (χ3v) is 3.99. The van der Waals surface area contributed by atoms with E-state index in [1.165, 1.54) is 28.7 Å². The number of aliphatic carboxylic acids is 1. The number of aromatic nitrogens is 2. The van der Waals surface area contributed by atoms with E-state index in [-0.39, 0.29) is 5.75 Å². The molecule has 1 heterocycles. The average molecular weight is 281 g/mol. The van der Waals surface area contributed by atoms with Gasteiger partial charge in [-0.1, -0.05) is 40.8 Å². The van der Waals surface area contributed by atoms with E-state index >= 15 is 0 Å². The van der Waals surface area contributed by atoms with E-state index < -0.39 is 5.97 Å². The van der Waals surface area contributed by atoms with Crippen LogP contribution in [0.5, 0.6) is 0 Å². The zero-order chi connectivity index (χ0) is 13.0. The molecule has 0 spiro atoms. The van der Waals surface area contributed by atoms with E-state index in [4.69, 9.17) is 5.11 Å². The van der Waals surface area contributed by atoms with Gasteiger partial charge in [0.05, 0.1) is 5.75 Å². The van der Waals surface area contributed by atoms with Gasteiger partial charge >= 0.3 is 5.97 Å². The van der Waals surface area contributed by atoms with Crippen molar-refractivity contribution >= 4 is 39.9 Å². The Balaban J connectivity index is 1.97. The van der Waals surface area contributed by atoms with E-state index in [0.717, 1.165) is 5.69 Å². The van der Waals surface area contributed by atoms with E-state index in [9.17, 15) is 4.79 Å². The molecule has 0 fully saturated rings. The Kier molecular flexibility index (Phi) is 4.16. The highest BCUT2D eigenvalue weighted by Crippen LogP contribution is 2.27. The summed E-state index contributed by atoms with van der Waals surface area (Å²) in [6.07, 6.45) is 0. The molecule has 2 N–H and O–H groups in total. The van der Waals surface area contributed by atoms with Crippen LogP contribution >= 0.6 is 23.1 Å². The molecule has 1 aromatic heterocycles. The summed E-state index contributed by atoms with van der Waals surface area (Å²) in [7, 11) is 0. The number of aryl methyl sites for hydroxylation is 1. The molecule has 2 aromatic rings. The van der Waals surface area contributed by atoms with Crippen LogP contribution in [0.4, 0.5) is 10.8 Å². The van der Waals surface area contributed by atoms with Crippen molar-refractivity contribution in [2.24, 2.45) is 0 Å². The first kappa shape index (κ1) is 12.8. The Morgan fingerprint density at radius 3 is 2.78 bits per heavy atom. The molecular formula is C11H11N3O2S2. The monoisotopic (exact) mass is 281 g/mol. The van der Waals surface area contributed by atoms with Crippen molar-refractivity contribution in [2.75, 3.05) is 11.1 Å². The molecule has 0 radical (unpaired) electrons. The standard InChI is InChI=1S/C11H11N3O2S2/c1-7-2-4-8(5-3-7)12-10-13-14-11(18-10)17-6-9(15)16/h2-5H,6H2,1H3,(H,12,13)(H,15,16). The molecular weight excluding hydrogens is 270 g/mol. The van der Waals surface area contributed by atoms with Crippen molar-refractivity contribution in [3.05, 3.63) is 29.8 Å². The molecule has 0 atom stereocenters. The third kappa shape index (κ3) is 3.71. The number of hydrogen-bond donors (Lipinski definition) is 2. The lowest BCUT2D eigenvalue weighted by Gasteiger charge is -2.01. The fourth-order valence-electron chi connectivity index (χ4n) is 1.20. The van der Waals surface area contributed by atoms with Crippen LogP contribution in [0.15, 0.2) is 28.6 Å². The molecule has 0 aliphatic rings. The Bertz CT molecular complexity index is 539. The van der Waals surface area contributed by atoms with Gasteiger partial charge in [-0.15, -0.1) is 10.2 Å². The number of thioether (sulfide) groups is 1. The van der Waals surface area contributed by atoms with Crippen LogP contribution in [0.25, 0.3) is 0 Å². The van der Waals surface area contributed by atoms with E-state index in [1.807, 2.05) is 31.2 Å². The predicted octanol–water partition coefficient (Wildman–Crippen LogP) is 2.77. The number of benzene rings is 1. The smallest absolute Gasteiger partial charge is 0.313 e. The molecule has 0 amide bonds. The minimum Gasteiger partial charge on any atom is -0.481 e. The summed E-state index contributed by atoms with van der Waals surface area (Å²) in [5.74, 6) is -0.859. The molecule has 0 unspecified atom stereocenters. The highest BCUT2D eigenvalue weighted by atomic mass is 32.2. The third-order valence-electron chi connectivity index (χ3n) is 2.03. The normalized spacial score (nSPS) is 10.3. The van der Waals surface area contributed by atoms with Crippen LogP contribution in [0.3, 0.4) is 0 Å². The zero-order valence-corrected chi connectivity index (χ0v) is 11.2. The maximum absolute atomic E-state index is 10.4. The van der Waals surface area contributed by atoms with E-state index in [2.05, 4.69) is 15.5 Å². The largest absolute Gasteiger partial charge is 0.481 e. The fraction of sp³-hybridized carbons (Fsp3) is 0.182. The quantitative estimate of drug-likeness (QED) is 0.821. The maximum atomic E-state index is 10.4. The summed E-state index contributed by atoms with van der Waals surface area (Å²) in [4.78, 5) is 10.4. The lowest BCUT2D eigenvalue weighted by atomic mass is 10.2. The van der Waals surface area contributed by atoms with Crippen molar-refractivity contribution in [3.63, 3.8) is 0 Å². The minimum absolute atomic E-state index is 0.000828. The number of nitrogens with one attached hydrogen (secondary N) is 1. The number of nitrogens with zero attached hydrogens (tertiary/aromatic N) is 2. The van der Waals surface area contributed by atoms with Gasteiger partial charge in [-0.2, -0.15) is 0 Å². The lowest BCUT2D eigenvalue weighted by Crippen LogP contribution is -1.96. The van der Waals surface area contributed by atoms with Crippen molar-refractivity contribution in [1.29, 1.82) is 0 Å². The van der Waals surface area contributed by atoms with Crippen LogP contribution in [-0.4, -0.2) is 27.0 Å². The molecule has 0 bridgehead atoms.